The van der Waals surface area contributed by atoms with E-state index in [0.29, 0.717) is 5.92 Å². The molecule has 1 N–H and O–H groups in total. The van der Waals surface area contributed by atoms with Gasteiger partial charge in [-0.1, -0.05) is 51.4 Å². The lowest BCUT2D eigenvalue weighted by molar-refractivity contribution is -0.0395. The Morgan fingerprint density at radius 1 is 0.875 bits per heavy atom. The average molecular weight is 224 g/mol. The van der Waals surface area contributed by atoms with E-state index in [4.69, 9.17) is 0 Å². The minimum absolute atomic E-state index is 0.373. The number of aliphatic hydroxyl groups is 1. The van der Waals surface area contributed by atoms with Gasteiger partial charge in [-0.3, -0.25) is 0 Å². The lowest BCUT2D eigenvalue weighted by atomic mass is 9.71. The van der Waals surface area contributed by atoms with Crippen LogP contribution in [0.4, 0.5) is 0 Å². The third-order valence-electron chi connectivity index (χ3n) is 4.91. The van der Waals surface area contributed by atoms with Crippen LogP contribution in [0.3, 0.4) is 0 Å². The molecular weight excluding hydrogens is 196 g/mol. The van der Waals surface area contributed by atoms with Crippen molar-refractivity contribution in [3.63, 3.8) is 0 Å². The molecule has 1 atom stereocenters. The summed E-state index contributed by atoms with van der Waals surface area (Å²) >= 11 is 0. The van der Waals surface area contributed by atoms with Crippen molar-refractivity contribution >= 4 is 0 Å². The molecule has 2 saturated carbocycles. The summed E-state index contributed by atoms with van der Waals surface area (Å²) in [6.45, 7) is 2.11. The second kappa shape index (κ2) is 5.53. The molecule has 0 spiro atoms. The maximum absolute atomic E-state index is 10.7. The summed E-state index contributed by atoms with van der Waals surface area (Å²) in [6.07, 6.45) is 14.6. The van der Waals surface area contributed by atoms with Gasteiger partial charge < -0.3 is 5.11 Å². The predicted molar refractivity (Wildman–Crippen MR) is 68.4 cm³/mol. The maximum Gasteiger partial charge on any atom is 0.0650 e. The van der Waals surface area contributed by atoms with Crippen molar-refractivity contribution in [1.82, 2.24) is 0 Å². The summed E-state index contributed by atoms with van der Waals surface area (Å²) in [6, 6.07) is 0. The van der Waals surface area contributed by atoms with E-state index in [1.54, 1.807) is 0 Å². The molecule has 94 valence electrons. The van der Waals surface area contributed by atoms with E-state index >= 15 is 0 Å². The quantitative estimate of drug-likeness (QED) is 0.758. The first-order valence-electron chi connectivity index (χ1n) is 7.41. The first-order chi connectivity index (χ1) is 7.68. The molecule has 2 fully saturated rings. The van der Waals surface area contributed by atoms with Crippen LogP contribution in [0.1, 0.15) is 77.6 Å². The Bertz CT molecular complexity index is 197. The van der Waals surface area contributed by atoms with E-state index < -0.39 is 0 Å². The van der Waals surface area contributed by atoms with Gasteiger partial charge >= 0.3 is 0 Å². The molecule has 1 nitrogen and oxygen atoms in total. The van der Waals surface area contributed by atoms with E-state index in [0.717, 1.165) is 12.3 Å². The molecule has 0 aromatic carbocycles. The van der Waals surface area contributed by atoms with Gasteiger partial charge in [0.1, 0.15) is 0 Å². The van der Waals surface area contributed by atoms with Gasteiger partial charge in [-0.2, -0.15) is 0 Å². The topological polar surface area (TPSA) is 20.2 Å². The van der Waals surface area contributed by atoms with Gasteiger partial charge in [0.05, 0.1) is 5.60 Å². The van der Waals surface area contributed by atoms with Crippen molar-refractivity contribution in [2.24, 2.45) is 11.8 Å². The summed E-state index contributed by atoms with van der Waals surface area (Å²) in [5.74, 6) is 1.40. The van der Waals surface area contributed by atoms with E-state index in [9.17, 15) is 5.11 Å². The third kappa shape index (κ3) is 3.23. The summed E-state index contributed by atoms with van der Waals surface area (Å²) in [5, 5.41) is 10.7. The molecule has 0 bridgehead atoms. The van der Waals surface area contributed by atoms with Crippen molar-refractivity contribution in [1.29, 1.82) is 0 Å². The zero-order valence-corrected chi connectivity index (χ0v) is 10.9. The van der Waals surface area contributed by atoms with E-state index in [1.165, 1.54) is 64.2 Å². The van der Waals surface area contributed by atoms with Gasteiger partial charge in [-0.15, -0.1) is 0 Å². The van der Waals surface area contributed by atoms with Crippen molar-refractivity contribution in [2.45, 2.75) is 83.2 Å². The average Bonchev–Trinajstić information content (AvgIpc) is 2.31. The Morgan fingerprint density at radius 2 is 1.38 bits per heavy atom. The van der Waals surface area contributed by atoms with Crippen LogP contribution in [-0.2, 0) is 0 Å². The van der Waals surface area contributed by atoms with E-state index in [-0.39, 0.29) is 5.60 Å². The van der Waals surface area contributed by atoms with Crippen molar-refractivity contribution in [2.75, 3.05) is 0 Å². The molecule has 0 aromatic rings. The first-order valence-corrected chi connectivity index (χ1v) is 7.41. The van der Waals surface area contributed by atoms with Gasteiger partial charge in [-0.05, 0) is 38.0 Å². The highest BCUT2D eigenvalue weighted by atomic mass is 16.3. The van der Waals surface area contributed by atoms with Crippen LogP contribution in [0.5, 0.6) is 0 Å². The highest BCUT2D eigenvalue weighted by Gasteiger charge is 2.35. The fourth-order valence-corrected chi connectivity index (χ4v) is 3.87. The Kier molecular flexibility index (Phi) is 4.29. The molecular formula is C15H28O. The summed E-state index contributed by atoms with van der Waals surface area (Å²) in [7, 11) is 0. The van der Waals surface area contributed by atoms with Gasteiger partial charge in [0.2, 0.25) is 0 Å². The Morgan fingerprint density at radius 3 is 1.94 bits per heavy atom. The highest BCUT2D eigenvalue weighted by Crippen LogP contribution is 2.39. The van der Waals surface area contributed by atoms with Crippen LogP contribution in [0.2, 0.25) is 0 Å². The van der Waals surface area contributed by atoms with Gasteiger partial charge in [0, 0.05) is 0 Å². The molecule has 1 unspecified atom stereocenters. The van der Waals surface area contributed by atoms with Crippen molar-refractivity contribution in [3.8, 4) is 0 Å². The molecule has 1 heteroatoms. The van der Waals surface area contributed by atoms with E-state index in [2.05, 4.69) is 6.92 Å². The molecule has 2 aliphatic rings. The first kappa shape index (κ1) is 12.4. The molecule has 0 amide bonds. The van der Waals surface area contributed by atoms with Crippen molar-refractivity contribution < 1.29 is 5.11 Å². The lowest BCUT2D eigenvalue weighted by Gasteiger charge is -2.39. The molecule has 16 heavy (non-hydrogen) atoms. The lowest BCUT2D eigenvalue weighted by Crippen LogP contribution is -2.38. The van der Waals surface area contributed by atoms with E-state index in [1.807, 2.05) is 0 Å². The zero-order valence-electron chi connectivity index (χ0n) is 10.9. The van der Waals surface area contributed by atoms with Gasteiger partial charge in [0.15, 0.2) is 0 Å². The van der Waals surface area contributed by atoms with Crippen molar-refractivity contribution in [3.05, 3.63) is 0 Å². The largest absolute Gasteiger partial charge is 0.390 e. The normalized spacial score (nSPS) is 28.9. The maximum atomic E-state index is 10.7. The SMILES string of the molecule is CC(O)(CC1CCCCC1)C1CCCCC1. The molecule has 0 heterocycles. The summed E-state index contributed by atoms with van der Waals surface area (Å²) in [5.41, 5.74) is -0.373. The van der Waals surface area contributed by atoms with Gasteiger partial charge in [0.25, 0.3) is 0 Å². The smallest absolute Gasteiger partial charge is 0.0650 e. The Hall–Kier alpha value is -0.0400. The minimum Gasteiger partial charge on any atom is -0.390 e. The monoisotopic (exact) mass is 224 g/mol. The van der Waals surface area contributed by atoms with Crippen LogP contribution in [0, 0.1) is 11.8 Å². The number of hydrogen-bond donors (Lipinski definition) is 1. The molecule has 0 saturated heterocycles. The molecule has 2 rings (SSSR count). The van der Waals surface area contributed by atoms with Crippen LogP contribution in [0.25, 0.3) is 0 Å². The van der Waals surface area contributed by atoms with Crippen LogP contribution in [0.15, 0.2) is 0 Å². The standard InChI is InChI=1S/C15H28O/c1-15(16,14-10-6-3-7-11-14)12-13-8-4-2-5-9-13/h13-14,16H,2-12H2,1H3. The minimum atomic E-state index is -0.373. The van der Waals surface area contributed by atoms with Crippen LogP contribution < -0.4 is 0 Å². The number of rotatable bonds is 3. The predicted octanol–water partition coefficient (Wildman–Crippen LogP) is 4.29. The molecule has 2 aliphatic carbocycles. The van der Waals surface area contributed by atoms with Crippen LogP contribution in [-0.4, -0.2) is 10.7 Å². The third-order valence-corrected chi connectivity index (χ3v) is 4.91. The molecule has 0 aromatic heterocycles. The summed E-state index contributed by atoms with van der Waals surface area (Å²) in [4.78, 5) is 0. The molecule has 0 radical (unpaired) electrons. The Labute approximate surface area is 101 Å². The Balaban J connectivity index is 1.84. The summed E-state index contributed by atoms with van der Waals surface area (Å²) < 4.78 is 0. The number of hydrogen-bond acceptors (Lipinski definition) is 1. The second-order valence-electron chi connectivity index (χ2n) is 6.40. The fourth-order valence-electron chi connectivity index (χ4n) is 3.87. The second-order valence-corrected chi connectivity index (χ2v) is 6.40. The fraction of sp³-hybridized carbons (Fsp3) is 1.00. The zero-order chi connectivity index (χ0) is 11.4. The van der Waals surface area contributed by atoms with Gasteiger partial charge in [-0.25, -0.2) is 0 Å². The highest BCUT2D eigenvalue weighted by molar-refractivity contribution is 4.87. The molecule has 0 aliphatic heterocycles. The van der Waals surface area contributed by atoms with Crippen LogP contribution >= 0.6 is 0 Å².